The zero-order valence-corrected chi connectivity index (χ0v) is 19.7. The van der Waals surface area contributed by atoms with E-state index in [1.54, 1.807) is 19.5 Å². The summed E-state index contributed by atoms with van der Waals surface area (Å²) in [5, 5.41) is 9.30. The van der Waals surface area contributed by atoms with Crippen LogP contribution in [0.4, 0.5) is 0 Å². The van der Waals surface area contributed by atoms with Crippen molar-refractivity contribution >= 4 is 17.7 Å². The SMILES string of the molecule is COc1ccc(-n2c(S[C@@H](C(=O)N3CCCC3)c3ccccc3)nnc2-c2ccncc2)cc1. The van der Waals surface area contributed by atoms with Gasteiger partial charge in [0, 0.05) is 36.7 Å². The van der Waals surface area contributed by atoms with Crippen LogP contribution in [-0.4, -0.2) is 50.8 Å². The fraction of sp³-hybridized carbons (Fsp3) is 0.231. The van der Waals surface area contributed by atoms with Crippen LogP contribution in [0.2, 0.25) is 0 Å². The number of rotatable bonds is 7. The monoisotopic (exact) mass is 471 g/mol. The molecule has 1 aliphatic heterocycles. The zero-order valence-electron chi connectivity index (χ0n) is 18.9. The van der Waals surface area contributed by atoms with E-state index in [0.717, 1.165) is 48.5 Å². The summed E-state index contributed by atoms with van der Waals surface area (Å²) in [7, 11) is 1.64. The van der Waals surface area contributed by atoms with Crippen LogP contribution >= 0.6 is 11.8 Å². The first-order valence-electron chi connectivity index (χ1n) is 11.3. The average molecular weight is 472 g/mol. The lowest BCUT2D eigenvalue weighted by molar-refractivity contribution is -0.129. The topological polar surface area (TPSA) is 73.1 Å². The number of carbonyl (C=O) groups excluding carboxylic acids is 1. The quantitative estimate of drug-likeness (QED) is 0.361. The van der Waals surface area contributed by atoms with E-state index in [1.165, 1.54) is 11.8 Å². The third kappa shape index (κ3) is 4.54. The minimum atomic E-state index is -0.411. The van der Waals surface area contributed by atoms with Crippen molar-refractivity contribution in [3.63, 3.8) is 0 Å². The first-order chi connectivity index (χ1) is 16.7. The second kappa shape index (κ2) is 10.1. The number of ether oxygens (including phenoxy) is 1. The van der Waals surface area contributed by atoms with Gasteiger partial charge in [0.2, 0.25) is 5.91 Å². The fourth-order valence-corrected chi connectivity index (χ4v) is 5.24. The standard InChI is InChI=1S/C26H25N5O2S/c1-33-22-11-9-21(10-12-22)31-24(20-13-15-27-16-14-20)28-29-26(31)34-23(19-7-3-2-4-8-19)25(32)30-17-5-6-18-30/h2-4,7-16,23H,5-6,17-18H2,1H3/t23-/m1/s1. The fourth-order valence-electron chi connectivity index (χ4n) is 4.10. The molecule has 0 saturated carbocycles. The van der Waals surface area contributed by atoms with Crippen molar-refractivity contribution in [2.45, 2.75) is 23.2 Å². The summed E-state index contributed by atoms with van der Waals surface area (Å²) in [5.74, 6) is 1.57. The van der Waals surface area contributed by atoms with Crippen LogP contribution in [0.3, 0.4) is 0 Å². The molecule has 7 nitrogen and oxygen atoms in total. The van der Waals surface area contributed by atoms with Gasteiger partial charge in [-0.3, -0.25) is 14.3 Å². The van der Waals surface area contributed by atoms with E-state index >= 15 is 0 Å². The van der Waals surface area contributed by atoms with Crippen LogP contribution in [0.1, 0.15) is 23.7 Å². The first-order valence-corrected chi connectivity index (χ1v) is 12.1. The Labute approximate surface area is 202 Å². The Morgan fingerprint density at radius 2 is 1.65 bits per heavy atom. The van der Waals surface area contributed by atoms with Crippen LogP contribution in [0.15, 0.2) is 84.3 Å². The maximum atomic E-state index is 13.6. The summed E-state index contributed by atoms with van der Waals surface area (Å²) < 4.78 is 7.33. The summed E-state index contributed by atoms with van der Waals surface area (Å²) in [6.07, 6.45) is 5.57. The predicted octanol–water partition coefficient (Wildman–Crippen LogP) is 4.79. The summed E-state index contributed by atoms with van der Waals surface area (Å²) in [4.78, 5) is 19.7. The molecule has 4 aromatic rings. The molecule has 0 N–H and O–H groups in total. The lowest BCUT2D eigenvalue weighted by Gasteiger charge is -2.23. The molecular weight excluding hydrogens is 446 g/mol. The third-order valence-corrected chi connectivity index (χ3v) is 7.05. The van der Waals surface area contributed by atoms with E-state index < -0.39 is 5.25 Å². The number of methoxy groups -OCH3 is 1. The molecule has 1 amide bonds. The number of carbonyl (C=O) groups is 1. The van der Waals surface area contributed by atoms with Gasteiger partial charge in [-0.05, 0) is 54.8 Å². The number of thioether (sulfide) groups is 1. The molecule has 2 aromatic carbocycles. The maximum absolute atomic E-state index is 13.6. The first kappa shape index (κ1) is 22.2. The summed E-state index contributed by atoms with van der Waals surface area (Å²) in [6, 6.07) is 21.5. The van der Waals surface area contributed by atoms with E-state index in [9.17, 15) is 4.79 Å². The molecule has 0 radical (unpaired) electrons. The molecule has 0 aliphatic carbocycles. The molecule has 1 aliphatic rings. The Bertz CT molecular complexity index is 1240. The van der Waals surface area contributed by atoms with Crippen LogP contribution in [-0.2, 0) is 4.79 Å². The average Bonchev–Trinajstić information content (AvgIpc) is 3.59. The minimum absolute atomic E-state index is 0.114. The van der Waals surface area contributed by atoms with Gasteiger partial charge in [0.1, 0.15) is 11.0 Å². The van der Waals surface area contributed by atoms with Gasteiger partial charge in [-0.25, -0.2) is 0 Å². The van der Waals surface area contributed by atoms with Gasteiger partial charge >= 0.3 is 0 Å². The Morgan fingerprint density at radius 3 is 2.32 bits per heavy atom. The van der Waals surface area contributed by atoms with Gasteiger partial charge < -0.3 is 9.64 Å². The number of pyridine rings is 1. The van der Waals surface area contributed by atoms with Crippen molar-refractivity contribution in [1.29, 1.82) is 0 Å². The number of benzene rings is 2. The number of likely N-dealkylation sites (tertiary alicyclic amines) is 1. The molecule has 172 valence electrons. The highest BCUT2D eigenvalue weighted by atomic mass is 32.2. The number of aromatic nitrogens is 4. The molecule has 1 fully saturated rings. The molecular formula is C26H25N5O2S. The van der Waals surface area contributed by atoms with Gasteiger partial charge in [-0.1, -0.05) is 42.1 Å². The van der Waals surface area contributed by atoms with E-state index in [1.807, 2.05) is 76.2 Å². The zero-order chi connectivity index (χ0) is 23.3. The third-order valence-electron chi connectivity index (χ3n) is 5.87. The Hall–Kier alpha value is -3.65. The summed E-state index contributed by atoms with van der Waals surface area (Å²) in [6.45, 7) is 1.60. The van der Waals surface area contributed by atoms with Crippen LogP contribution < -0.4 is 4.74 Å². The highest BCUT2D eigenvalue weighted by Crippen LogP contribution is 2.39. The Kier molecular flexibility index (Phi) is 6.58. The smallest absolute Gasteiger partial charge is 0.240 e. The molecule has 5 rings (SSSR count). The van der Waals surface area contributed by atoms with E-state index in [2.05, 4.69) is 15.2 Å². The van der Waals surface area contributed by atoms with Crippen molar-refractivity contribution in [1.82, 2.24) is 24.6 Å². The highest BCUT2D eigenvalue weighted by molar-refractivity contribution is 8.00. The molecule has 1 saturated heterocycles. The van der Waals surface area contributed by atoms with Crippen LogP contribution in [0, 0.1) is 0 Å². The van der Waals surface area contributed by atoms with Crippen LogP contribution in [0.5, 0.6) is 5.75 Å². The molecule has 1 atom stereocenters. The lowest BCUT2D eigenvalue weighted by Crippen LogP contribution is -2.31. The number of nitrogens with zero attached hydrogens (tertiary/aromatic N) is 5. The van der Waals surface area contributed by atoms with Gasteiger partial charge in [-0.15, -0.1) is 10.2 Å². The molecule has 2 aromatic heterocycles. The van der Waals surface area contributed by atoms with Gasteiger partial charge in [0.25, 0.3) is 0 Å². The van der Waals surface area contributed by atoms with Crippen molar-refractivity contribution in [3.05, 3.63) is 84.7 Å². The lowest BCUT2D eigenvalue weighted by atomic mass is 10.1. The van der Waals surface area contributed by atoms with Gasteiger partial charge in [0.15, 0.2) is 11.0 Å². The molecule has 34 heavy (non-hydrogen) atoms. The largest absolute Gasteiger partial charge is 0.497 e. The summed E-state index contributed by atoms with van der Waals surface area (Å²) in [5.41, 5.74) is 2.74. The molecule has 0 unspecified atom stereocenters. The summed E-state index contributed by atoms with van der Waals surface area (Å²) >= 11 is 1.43. The number of hydrogen-bond donors (Lipinski definition) is 0. The van der Waals surface area contributed by atoms with Crippen LogP contribution in [0.25, 0.3) is 17.1 Å². The van der Waals surface area contributed by atoms with E-state index in [0.29, 0.717) is 11.0 Å². The van der Waals surface area contributed by atoms with E-state index in [-0.39, 0.29) is 5.91 Å². The van der Waals surface area contributed by atoms with Crippen molar-refractivity contribution in [2.24, 2.45) is 0 Å². The van der Waals surface area contributed by atoms with Gasteiger partial charge in [0.05, 0.1) is 7.11 Å². The molecule has 0 spiro atoms. The highest BCUT2D eigenvalue weighted by Gasteiger charge is 2.31. The molecule has 0 bridgehead atoms. The second-order valence-electron chi connectivity index (χ2n) is 8.02. The Balaban J connectivity index is 1.58. The molecule has 3 heterocycles. The number of amides is 1. The van der Waals surface area contributed by atoms with E-state index in [4.69, 9.17) is 4.74 Å². The van der Waals surface area contributed by atoms with Crippen molar-refractivity contribution in [3.8, 4) is 22.8 Å². The molecule has 8 heteroatoms. The van der Waals surface area contributed by atoms with Crippen molar-refractivity contribution < 1.29 is 9.53 Å². The van der Waals surface area contributed by atoms with Crippen molar-refractivity contribution in [2.75, 3.05) is 20.2 Å². The predicted molar refractivity (Wildman–Crippen MR) is 132 cm³/mol. The normalized spacial score (nSPS) is 14.2. The maximum Gasteiger partial charge on any atom is 0.240 e. The minimum Gasteiger partial charge on any atom is -0.497 e. The number of hydrogen-bond acceptors (Lipinski definition) is 6. The van der Waals surface area contributed by atoms with Gasteiger partial charge in [-0.2, -0.15) is 0 Å². The Morgan fingerprint density at radius 1 is 0.941 bits per heavy atom. The second-order valence-corrected chi connectivity index (χ2v) is 9.09.